The summed E-state index contributed by atoms with van der Waals surface area (Å²) in [6, 6.07) is 12.1. The molecular formula is C20H25N3O2. The second-order valence-electron chi connectivity index (χ2n) is 7.19. The Labute approximate surface area is 149 Å². The number of hydrogen-bond acceptors (Lipinski definition) is 5. The normalized spacial score (nSPS) is 22.7. The van der Waals surface area contributed by atoms with E-state index in [1.54, 1.807) is 0 Å². The molecule has 2 aliphatic heterocycles. The third kappa shape index (κ3) is 4.06. The van der Waals surface area contributed by atoms with Gasteiger partial charge in [-0.05, 0) is 37.6 Å². The monoisotopic (exact) mass is 339 g/mol. The molecule has 0 bridgehead atoms. The molecule has 25 heavy (non-hydrogen) atoms. The highest BCUT2D eigenvalue weighted by molar-refractivity contribution is 5.10. The fraction of sp³-hybridized carbons (Fsp3) is 0.500. The van der Waals surface area contributed by atoms with Crippen molar-refractivity contribution in [3.8, 4) is 0 Å². The molecule has 2 aromatic rings. The Morgan fingerprint density at radius 3 is 2.88 bits per heavy atom. The first-order valence-electron chi connectivity index (χ1n) is 9.01. The van der Waals surface area contributed by atoms with Gasteiger partial charge in [0, 0.05) is 44.6 Å². The highest BCUT2D eigenvalue weighted by atomic mass is 16.5. The van der Waals surface area contributed by atoms with Crippen LogP contribution in [0.2, 0.25) is 0 Å². The Hall–Kier alpha value is -1.82. The maximum Gasteiger partial charge on any atom is 0.0959 e. The predicted octanol–water partition coefficient (Wildman–Crippen LogP) is 2.74. The topological polar surface area (TPSA) is 47.5 Å². The third-order valence-electron chi connectivity index (χ3n) is 5.00. The van der Waals surface area contributed by atoms with E-state index in [2.05, 4.69) is 20.9 Å². The van der Waals surface area contributed by atoms with Crippen molar-refractivity contribution in [2.75, 3.05) is 19.7 Å². The number of rotatable bonds is 5. The average Bonchev–Trinajstić information content (AvgIpc) is 2.60. The largest absolute Gasteiger partial charge is 0.372 e. The van der Waals surface area contributed by atoms with Gasteiger partial charge in [0.1, 0.15) is 0 Å². The van der Waals surface area contributed by atoms with Gasteiger partial charge in [0.2, 0.25) is 0 Å². The molecule has 2 saturated heterocycles. The van der Waals surface area contributed by atoms with Gasteiger partial charge in [0.05, 0.1) is 29.7 Å². The van der Waals surface area contributed by atoms with Gasteiger partial charge >= 0.3 is 0 Å². The fourth-order valence-electron chi connectivity index (χ4n) is 3.83. The summed E-state index contributed by atoms with van der Waals surface area (Å²) in [6.45, 7) is 6.20. The molecule has 2 aromatic heterocycles. The number of aryl methyl sites for hydroxylation is 1. The summed E-state index contributed by atoms with van der Waals surface area (Å²) >= 11 is 0. The van der Waals surface area contributed by atoms with E-state index in [1.165, 1.54) is 0 Å². The minimum atomic E-state index is -0.0300. The lowest BCUT2D eigenvalue weighted by Crippen LogP contribution is -2.65. The molecular weight excluding hydrogens is 314 g/mol. The van der Waals surface area contributed by atoms with E-state index in [0.717, 1.165) is 56.2 Å². The van der Waals surface area contributed by atoms with Crippen molar-refractivity contribution < 1.29 is 9.47 Å². The lowest BCUT2D eigenvalue weighted by Gasteiger charge is -2.53. The van der Waals surface area contributed by atoms with Gasteiger partial charge in [0.25, 0.3) is 0 Å². The SMILES string of the molecule is Cc1cccc(COC2CCOC3(C2)CN(Cc2ccccn2)C3)n1. The highest BCUT2D eigenvalue weighted by Crippen LogP contribution is 2.36. The van der Waals surface area contributed by atoms with Crippen LogP contribution in [0.25, 0.3) is 0 Å². The number of aromatic nitrogens is 2. The van der Waals surface area contributed by atoms with E-state index >= 15 is 0 Å². The van der Waals surface area contributed by atoms with Crippen LogP contribution in [0.1, 0.15) is 29.9 Å². The first-order chi connectivity index (χ1) is 12.2. The van der Waals surface area contributed by atoms with Gasteiger partial charge in [-0.3, -0.25) is 14.9 Å². The van der Waals surface area contributed by atoms with Crippen molar-refractivity contribution >= 4 is 0 Å². The van der Waals surface area contributed by atoms with Crippen LogP contribution in [-0.2, 0) is 22.6 Å². The van der Waals surface area contributed by atoms with Crippen LogP contribution >= 0.6 is 0 Å². The Bertz CT molecular complexity index is 701. The zero-order valence-corrected chi connectivity index (χ0v) is 14.7. The smallest absolute Gasteiger partial charge is 0.0959 e. The molecule has 1 atom stereocenters. The molecule has 4 rings (SSSR count). The van der Waals surface area contributed by atoms with Gasteiger partial charge < -0.3 is 9.47 Å². The summed E-state index contributed by atoms with van der Waals surface area (Å²) in [5.41, 5.74) is 3.13. The average molecular weight is 339 g/mol. The third-order valence-corrected chi connectivity index (χ3v) is 5.00. The minimum Gasteiger partial charge on any atom is -0.372 e. The van der Waals surface area contributed by atoms with E-state index in [1.807, 2.05) is 43.5 Å². The molecule has 2 aliphatic rings. The summed E-state index contributed by atoms with van der Waals surface area (Å²) in [5.74, 6) is 0. The Morgan fingerprint density at radius 2 is 2.08 bits per heavy atom. The molecule has 0 N–H and O–H groups in total. The van der Waals surface area contributed by atoms with E-state index in [4.69, 9.17) is 9.47 Å². The Morgan fingerprint density at radius 1 is 1.20 bits per heavy atom. The summed E-state index contributed by atoms with van der Waals surface area (Å²) in [4.78, 5) is 11.3. The molecule has 0 amide bonds. The lowest BCUT2D eigenvalue weighted by atomic mass is 9.84. The van der Waals surface area contributed by atoms with Crippen molar-refractivity contribution in [2.24, 2.45) is 0 Å². The lowest BCUT2D eigenvalue weighted by molar-refractivity contribution is -0.200. The summed E-state index contributed by atoms with van der Waals surface area (Å²) in [7, 11) is 0. The van der Waals surface area contributed by atoms with Gasteiger partial charge in [0.15, 0.2) is 0 Å². The number of likely N-dealkylation sites (tertiary alicyclic amines) is 1. The molecule has 5 nitrogen and oxygen atoms in total. The van der Waals surface area contributed by atoms with Crippen LogP contribution < -0.4 is 0 Å². The van der Waals surface area contributed by atoms with E-state index in [9.17, 15) is 0 Å². The summed E-state index contributed by atoms with van der Waals surface area (Å²) in [6.07, 6.45) is 4.05. The van der Waals surface area contributed by atoms with E-state index in [0.29, 0.717) is 6.61 Å². The van der Waals surface area contributed by atoms with E-state index < -0.39 is 0 Å². The molecule has 132 valence electrons. The van der Waals surface area contributed by atoms with Crippen molar-refractivity contribution in [1.29, 1.82) is 0 Å². The summed E-state index contributed by atoms with van der Waals surface area (Å²) < 4.78 is 12.2. The molecule has 1 unspecified atom stereocenters. The second-order valence-corrected chi connectivity index (χ2v) is 7.19. The maximum atomic E-state index is 6.14. The van der Waals surface area contributed by atoms with Crippen molar-refractivity contribution in [1.82, 2.24) is 14.9 Å². The highest BCUT2D eigenvalue weighted by Gasteiger charge is 2.47. The van der Waals surface area contributed by atoms with Crippen molar-refractivity contribution in [3.05, 3.63) is 59.7 Å². The van der Waals surface area contributed by atoms with Crippen LogP contribution in [0.4, 0.5) is 0 Å². The van der Waals surface area contributed by atoms with Crippen LogP contribution in [0, 0.1) is 6.92 Å². The number of ether oxygens (including phenoxy) is 2. The first-order valence-corrected chi connectivity index (χ1v) is 9.01. The van der Waals surface area contributed by atoms with Crippen molar-refractivity contribution in [3.63, 3.8) is 0 Å². The molecule has 2 fully saturated rings. The fourth-order valence-corrected chi connectivity index (χ4v) is 3.83. The first kappa shape index (κ1) is 16.6. The van der Waals surface area contributed by atoms with Crippen LogP contribution in [0.5, 0.6) is 0 Å². The second kappa shape index (κ2) is 7.20. The molecule has 0 aromatic carbocycles. The summed E-state index contributed by atoms with van der Waals surface area (Å²) in [5, 5.41) is 0. The van der Waals surface area contributed by atoms with Gasteiger partial charge in [-0.1, -0.05) is 12.1 Å². The molecule has 4 heterocycles. The van der Waals surface area contributed by atoms with Crippen LogP contribution in [0.15, 0.2) is 42.6 Å². The molecule has 5 heteroatoms. The maximum absolute atomic E-state index is 6.14. The van der Waals surface area contributed by atoms with Gasteiger partial charge in [-0.2, -0.15) is 0 Å². The van der Waals surface area contributed by atoms with Gasteiger partial charge in [-0.25, -0.2) is 0 Å². The minimum absolute atomic E-state index is 0.0300. The number of pyridine rings is 2. The standard InChI is InChI=1S/C20H25N3O2/c1-16-5-4-7-18(22-16)13-24-19-8-10-25-20(11-19)14-23(15-20)12-17-6-2-3-9-21-17/h2-7,9,19H,8,10-15H2,1H3. The zero-order valence-electron chi connectivity index (χ0n) is 14.7. The quantitative estimate of drug-likeness (QED) is 0.838. The van der Waals surface area contributed by atoms with Crippen LogP contribution in [-0.4, -0.2) is 46.3 Å². The molecule has 0 aliphatic carbocycles. The van der Waals surface area contributed by atoms with Crippen molar-refractivity contribution in [2.45, 2.75) is 44.6 Å². The molecule has 0 radical (unpaired) electrons. The number of hydrogen-bond donors (Lipinski definition) is 0. The number of nitrogens with zero attached hydrogens (tertiary/aromatic N) is 3. The Balaban J connectivity index is 1.27. The zero-order chi connectivity index (χ0) is 17.1. The van der Waals surface area contributed by atoms with E-state index in [-0.39, 0.29) is 11.7 Å². The molecule has 1 spiro atoms. The van der Waals surface area contributed by atoms with Crippen LogP contribution in [0.3, 0.4) is 0 Å². The Kier molecular flexibility index (Phi) is 4.79. The van der Waals surface area contributed by atoms with Gasteiger partial charge in [-0.15, -0.1) is 0 Å². The predicted molar refractivity (Wildman–Crippen MR) is 95.0 cm³/mol. The molecule has 0 saturated carbocycles.